The Morgan fingerprint density at radius 3 is 2.58 bits per heavy atom. The largest absolute Gasteiger partial charge is 0.460 e. The van der Waals surface area contributed by atoms with Crippen molar-refractivity contribution in [2.45, 2.75) is 37.8 Å². The molecule has 0 aliphatic rings. The maximum absolute atomic E-state index is 11.5. The van der Waals surface area contributed by atoms with Crippen LogP contribution in [0.25, 0.3) is 0 Å². The lowest BCUT2D eigenvalue weighted by molar-refractivity contribution is -0.154. The van der Waals surface area contributed by atoms with Crippen LogP contribution in [0.3, 0.4) is 0 Å². The van der Waals surface area contributed by atoms with Crippen LogP contribution in [0.5, 0.6) is 0 Å². The summed E-state index contributed by atoms with van der Waals surface area (Å²) in [6, 6.07) is 0. The Morgan fingerprint density at radius 1 is 1.37 bits per heavy atom. The van der Waals surface area contributed by atoms with Gasteiger partial charge in [0.2, 0.25) is 5.95 Å². The molecule has 0 spiro atoms. The van der Waals surface area contributed by atoms with Crippen molar-refractivity contribution in [3.8, 4) is 0 Å². The van der Waals surface area contributed by atoms with E-state index >= 15 is 0 Å². The lowest BCUT2D eigenvalue weighted by atomic mass is 10.2. The van der Waals surface area contributed by atoms with Crippen molar-refractivity contribution in [2.24, 2.45) is 0 Å². The van der Waals surface area contributed by atoms with Gasteiger partial charge in [-0.2, -0.15) is 4.98 Å². The molecule has 0 bridgehead atoms. The average molecular weight is 305 g/mol. The van der Waals surface area contributed by atoms with E-state index in [2.05, 4.69) is 9.97 Å². The van der Waals surface area contributed by atoms with Gasteiger partial charge in [-0.15, -0.1) is 11.8 Å². The maximum atomic E-state index is 11.5. The van der Waals surface area contributed by atoms with Crippen molar-refractivity contribution < 1.29 is 9.53 Å². The molecule has 0 aliphatic heterocycles. The number of ether oxygens (including phenoxy) is 1. The van der Waals surface area contributed by atoms with Crippen LogP contribution in [0.2, 0.25) is 5.15 Å². The summed E-state index contributed by atoms with van der Waals surface area (Å²) in [7, 11) is 0. The fourth-order valence-electron chi connectivity index (χ4n) is 1.17. The number of halogens is 1. The molecule has 0 atom stereocenters. The number of hydrogen-bond donors (Lipinski definition) is 2. The molecule has 1 rings (SSSR count). The van der Waals surface area contributed by atoms with Gasteiger partial charge in [0.1, 0.15) is 16.3 Å². The highest BCUT2D eigenvalue weighted by Crippen LogP contribution is 2.29. The molecule has 106 valence electrons. The Hall–Kier alpha value is -1.21. The Morgan fingerprint density at radius 2 is 2.00 bits per heavy atom. The molecule has 1 aromatic rings. The predicted octanol–water partition coefficient (Wildman–Crippen LogP) is 2.12. The number of hydrogen-bond acceptors (Lipinski definition) is 7. The standard InChI is InChI=1S/C11H17ClN4O2S/c1-11(2,3)18-6(17)4-5-19-9-7(13)8(12)15-10(14)16-9/h4-5,13H2,1-3H3,(H2,14,15,16). The second-order valence-corrected chi connectivity index (χ2v) is 6.22. The van der Waals surface area contributed by atoms with E-state index < -0.39 is 5.60 Å². The molecule has 6 nitrogen and oxygen atoms in total. The highest BCUT2D eigenvalue weighted by Gasteiger charge is 2.16. The lowest BCUT2D eigenvalue weighted by Crippen LogP contribution is -2.24. The Bertz CT molecular complexity index is 476. The van der Waals surface area contributed by atoms with Crippen molar-refractivity contribution in [1.82, 2.24) is 9.97 Å². The Balaban J connectivity index is 2.52. The van der Waals surface area contributed by atoms with Crippen LogP contribution in [-0.2, 0) is 9.53 Å². The first-order chi connectivity index (χ1) is 8.69. The number of nitrogens with two attached hydrogens (primary N) is 2. The van der Waals surface area contributed by atoms with Crippen molar-refractivity contribution >= 4 is 41.0 Å². The van der Waals surface area contributed by atoms with Crippen LogP contribution in [0.4, 0.5) is 11.6 Å². The highest BCUT2D eigenvalue weighted by molar-refractivity contribution is 7.99. The van der Waals surface area contributed by atoms with Gasteiger partial charge in [-0.05, 0) is 20.8 Å². The molecule has 0 aliphatic carbocycles. The third-order valence-corrected chi connectivity index (χ3v) is 3.13. The van der Waals surface area contributed by atoms with Gasteiger partial charge in [0.05, 0.1) is 6.42 Å². The molecule has 0 aromatic carbocycles. The van der Waals surface area contributed by atoms with E-state index in [-0.39, 0.29) is 29.2 Å². The number of carbonyl (C=O) groups excluding carboxylic acids is 1. The Kier molecular flexibility index (Phi) is 5.25. The first-order valence-electron chi connectivity index (χ1n) is 5.62. The SMILES string of the molecule is CC(C)(C)OC(=O)CCSc1nc(N)nc(Cl)c1N. The van der Waals surface area contributed by atoms with Crippen LogP contribution in [0.15, 0.2) is 5.03 Å². The summed E-state index contributed by atoms with van der Waals surface area (Å²) in [6.07, 6.45) is 0.253. The van der Waals surface area contributed by atoms with Crippen molar-refractivity contribution in [1.29, 1.82) is 0 Å². The average Bonchev–Trinajstić information content (AvgIpc) is 2.22. The molecule has 1 heterocycles. The van der Waals surface area contributed by atoms with E-state index in [4.69, 9.17) is 27.8 Å². The van der Waals surface area contributed by atoms with Crippen molar-refractivity contribution in [2.75, 3.05) is 17.2 Å². The third kappa shape index (κ3) is 5.52. The number of anilines is 2. The van der Waals surface area contributed by atoms with Gasteiger partial charge in [0, 0.05) is 5.75 Å². The molecule has 8 heteroatoms. The lowest BCUT2D eigenvalue weighted by Gasteiger charge is -2.19. The van der Waals surface area contributed by atoms with Crippen LogP contribution < -0.4 is 11.5 Å². The van der Waals surface area contributed by atoms with Gasteiger partial charge in [-0.1, -0.05) is 11.6 Å². The van der Waals surface area contributed by atoms with Gasteiger partial charge in [-0.25, -0.2) is 4.98 Å². The number of aromatic nitrogens is 2. The molecule has 1 aromatic heterocycles. The quantitative estimate of drug-likeness (QED) is 0.498. The van der Waals surface area contributed by atoms with E-state index in [0.717, 1.165) is 0 Å². The summed E-state index contributed by atoms with van der Waals surface area (Å²) in [5.74, 6) is 0.261. The molecular formula is C11H17ClN4O2S. The zero-order valence-corrected chi connectivity index (χ0v) is 12.6. The number of nitrogens with zero attached hydrogens (tertiary/aromatic N) is 2. The van der Waals surface area contributed by atoms with Gasteiger partial charge >= 0.3 is 5.97 Å². The summed E-state index contributed by atoms with van der Waals surface area (Å²) in [4.78, 5) is 19.2. The number of carbonyl (C=O) groups is 1. The minimum atomic E-state index is -0.483. The topological polar surface area (TPSA) is 104 Å². The van der Waals surface area contributed by atoms with Crippen molar-refractivity contribution in [3.63, 3.8) is 0 Å². The molecule has 19 heavy (non-hydrogen) atoms. The molecule has 0 saturated heterocycles. The number of thioether (sulfide) groups is 1. The molecular weight excluding hydrogens is 288 g/mol. The first-order valence-corrected chi connectivity index (χ1v) is 6.98. The van der Waals surface area contributed by atoms with Crippen LogP contribution in [0.1, 0.15) is 27.2 Å². The summed E-state index contributed by atoms with van der Waals surface area (Å²) < 4.78 is 5.19. The van der Waals surface area contributed by atoms with Gasteiger partial charge in [0.25, 0.3) is 0 Å². The number of esters is 1. The van der Waals surface area contributed by atoms with Crippen LogP contribution in [0, 0.1) is 0 Å². The van der Waals surface area contributed by atoms with E-state index in [1.165, 1.54) is 11.8 Å². The smallest absolute Gasteiger partial charge is 0.307 e. The second-order valence-electron chi connectivity index (χ2n) is 4.78. The summed E-state index contributed by atoms with van der Waals surface area (Å²) in [6.45, 7) is 5.46. The molecule has 0 radical (unpaired) electrons. The monoisotopic (exact) mass is 304 g/mol. The minimum Gasteiger partial charge on any atom is -0.460 e. The van der Waals surface area contributed by atoms with Crippen molar-refractivity contribution in [3.05, 3.63) is 5.15 Å². The van der Waals surface area contributed by atoms with Gasteiger partial charge in [-0.3, -0.25) is 4.79 Å². The second kappa shape index (κ2) is 6.29. The highest BCUT2D eigenvalue weighted by atomic mass is 35.5. The minimum absolute atomic E-state index is 0.0546. The van der Waals surface area contributed by atoms with Crippen LogP contribution in [-0.4, -0.2) is 27.3 Å². The molecule has 0 fully saturated rings. The molecule has 0 amide bonds. The van der Waals surface area contributed by atoms with Gasteiger partial charge in [0.15, 0.2) is 5.15 Å². The van der Waals surface area contributed by atoms with E-state index in [0.29, 0.717) is 10.8 Å². The zero-order valence-electron chi connectivity index (χ0n) is 11.1. The molecule has 0 unspecified atom stereocenters. The normalized spacial score (nSPS) is 11.4. The maximum Gasteiger partial charge on any atom is 0.307 e. The zero-order chi connectivity index (χ0) is 14.6. The fraction of sp³-hybridized carbons (Fsp3) is 0.545. The molecule has 4 N–H and O–H groups in total. The summed E-state index contributed by atoms with van der Waals surface area (Å²) >= 11 is 7.07. The van der Waals surface area contributed by atoms with Crippen LogP contribution >= 0.6 is 23.4 Å². The number of nitrogen functional groups attached to an aromatic ring is 2. The van der Waals surface area contributed by atoms with E-state index in [1.807, 2.05) is 20.8 Å². The van der Waals surface area contributed by atoms with E-state index in [1.54, 1.807) is 0 Å². The Labute approximate surface area is 121 Å². The van der Waals surface area contributed by atoms with E-state index in [9.17, 15) is 4.79 Å². The molecule has 0 saturated carbocycles. The fourth-order valence-corrected chi connectivity index (χ4v) is 2.28. The number of rotatable bonds is 4. The summed E-state index contributed by atoms with van der Waals surface area (Å²) in [5, 5.41) is 0.591. The third-order valence-electron chi connectivity index (χ3n) is 1.85. The van der Waals surface area contributed by atoms with Gasteiger partial charge < -0.3 is 16.2 Å². The predicted molar refractivity (Wildman–Crippen MR) is 77.1 cm³/mol. The first kappa shape index (κ1) is 15.8. The summed E-state index contributed by atoms with van der Waals surface area (Å²) in [5.41, 5.74) is 11.0.